The van der Waals surface area contributed by atoms with Crippen LogP contribution >= 0.6 is 0 Å². The standard InChI is InChI=1S/C17H19N3O4/c1-11-9-13-5-3-4-6-14(13)20(11)10-15(21)24-12(2)16(22)19-8-7-18-17(19)23/h3-6,9,12H,7-8,10H2,1-2H3,(H,18,23). The normalized spacial score (nSPS) is 15.4. The van der Waals surface area contributed by atoms with Gasteiger partial charge in [-0.1, -0.05) is 18.2 Å². The third-order valence-corrected chi connectivity index (χ3v) is 4.08. The molecule has 7 heteroatoms. The van der Waals surface area contributed by atoms with Crippen LogP contribution in [0.4, 0.5) is 4.79 Å². The SMILES string of the molecule is Cc1cc2ccccc2n1CC(=O)OC(C)C(=O)N1CCNC1=O. The number of aryl methyl sites for hydroxylation is 1. The van der Waals surface area contributed by atoms with Crippen LogP contribution < -0.4 is 5.32 Å². The zero-order valence-electron chi connectivity index (χ0n) is 13.6. The highest BCUT2D eigenvalue weighted by Crippen LogP contribution is 2.19. The Morgan fingerprint density at radius 1 is 1.33 bits per heavy atom. The van der Waals surface area contributed by atoms with E-state index >= 15 is 0 Å². The molecule has 126 valence electrons. The summed E-state index contributed by atoms with van der Waals surface area (Å²) in [5.74, 6) is -1.02. The fraction of sp³-hybridized carbons (Fsp3) is 0.353. The van der Waals surface area contributed by atoms with Crippen LogP contribution in [0.15, 0.2) is 30.3 Å². The van der Waals surface area contributed by atoms with E-state index in [1.54, 1.807) is 0 Å². The minimum absolute atomic E-state index is 0.0170. The number of benzene rings is 1. The van der Waals surface area contributed by atoms with Gasteiger partial charge in [-0.3, -0.25) is 14.5 Å². The Morgan fingerprint density at radius 2 is 2.08 bits per heavy atom. The highest BCUT2D eigenvalue weighted by Gasteiger charge is 2.31. The van der Waals surface area contributed by atoms with E-state index in [0.717, 1.165) is 21.5 Å². The smallest absolute Gasteiger partial charge is 0.326 e. The third-order valence-electron chi connectivity index (χ3n) is 4.08. The molecule has 2 aromatic rings. The number of amides is 3. The number of para-hydroxylation sites is 1. The van der Waals surface area contributed by atoms with Crippen molar-refractivity contribution in [3.05, 3.63) is 36.0 Å². The summed E-state index contributed by atoms with van der Waals surface area (Å²) < 4.78 is 7.06. The van der Waals surface area contributed by atoms with Gasteiger partial charge in [-0.15, -0.1) is 0 Å². The van der Waals surface area contributed by atoms with E-state index in [9.17, 15) is 14.4 Å². The minimum atomic E-state index is -0.997. The summed E-state index contributed by atoms with van der Waals surface area (Å²) in [4.78, 5) is 36.9. The van der Waals surface area contributed by atoms with Crippen molar-refractivity contribution in [2.75, 3.05) is 13.1 Å². The van der Waals surface area contributed by atoms with Crippen LogP contribution in [-0.2, 0) is 20.9 Å². The molecule has 2 heterocycles. The number of carbonyl (C=O) groups excluding carboxylic acids is 3. The molecule has 0 aliphatic carbocycles. The van der Waals surface area contributed by atoms with Crippen molar-refractivity contribution in [2.45, 2.75) is 26.5 Å². The van der Waals surface area contributed by atoms with Crippen LogP contribution in [0.25, 0.3) is 10.9 Å². The number of carbonyl (C=O) groups is 3. The van der Waals surface area contributed by atoms with E-state index in [2.05, 4.69) is 5.32 Å². The Bertz CT molecular complexity index is 811. The number of ether oxygens (including phenoxy) is 1. The van der Waals surface area contributed by atoms with Crippen molar-refractivity contribution >= 4 is 28.8 Å². The van der Waals surface area contributed by atoms with Crippen LogP contribution in [-0.4, -0.2) is 46.6 Å². The molecule has 1 unspecified atom stereocenters. The molecular weight excluding hydrogens is 310 g/mol. The first-order valence-corrected chi connectivity index (χ1v) is 7.81. The first kappa shape index (κ1) is 16.0. The van der Waals surface area contributed by atoms with Crippen molar-refractivity contribution in [1.82, 2.24) is 14.8 Å². The van der Waals surface area contributed by atoms with Gasteiger partial charge in [-0.25, -0.2) is 4.79 Å². The van der Waals surface area contributed by atoms with Crippen molar-refractivity contribution < 1.29 is 19.1 Å². The molecule has 0 spiro atoms. The van der Waals surface area contributed by atoms with Gasteiger partial charge < -0.3 is 14.6 Å². The molecule has 3 amide bonds. The van der Waals surface area contributed by atoms with Crippen molar-refractivity contribution in [2.24, 2.45) is 0 Å². The summed E-state index contributed by atoms with van der Waals surface area (Å²) in [5.41, 5.74) is 1.87. The summed E-state index contributed by atoms with van der Waals surface area (Å²) in [7, 11) is 0. The van der Waals surface area contributed by atoms with Gasteiger partial charge in [0.1, 0.15) is 6.54 Å². The van der Waals surface area contributed by atoms with Gasteiger partial charge in [-0.05, 0) is 31.4 Å². The number of nitrogens with zero attached hydrogens (tertiary/aromatic N) is 2. The molecular formula is C17H19N3O4. The minimum Gasteiger partial charge on any atom is -0.451 e. The van der Waals surface area contributed by atoms with E-state index in [4.69, 9.17) is 4.74 Å². The topological polar surface area (TPSA) is 80.6 Å². The molecule has 1 aromatic carbocycles. The molecule has 1 N–H and O–H groups in total. The molecule has 1 fully saturated rings. The highest BCUT2D eigenvalue weighted by atomic mass is 16.5. The maximum atomic E-state index is 12.2. The lowest BCUT2D eigenvalue weighted by atomic mass is 10.2. The number of aromatic nitrogens is 1. The van der Waals surface area contributed by atoms with Crippen LogP contribution in [0.1, 0.15) is 12.6 Å². The van der Waals surface area contributed by atoms with Gasteiger partial charge >= 0.3 is 12.0 Å². The number of hydrogen-bond donors (Lipinski definition) is 1. The van der Waals surface area contributed by atoms with Gasteiger partial charge in [-0.2, -0.15) is 0 Å². The lowest BCUT2D eigenvalue weighted by molar-refractivity contribution is -0.158. The lowest BCUT2D eigenvalue weighted by Gasteiger charge is -2.18. The van der Waals surface area contributed by atoms with Crippen molar-refractivity contribution in [3.63, 3.8) is 0 Å². The van der Waals surface area contributed by atoms with E-state index in [1.807, 2.05) is 41.8 Å². The second-order valence-corrected chi connectivity index (χ2v) is 5.78. The average Bonchev–Trinajstić information content (AvgIpc) is 3.10. The molecule has 1 aromatic heterocycles. The van der Waals surface area contributed by atoms with Gasteiger partial charge in [0.25, 0.3) is 5.91 Å². The first-order valence-electron chi connectivity index (χ1n) is 7.81. The van der Waals surface area contributed by atoms with E-state index in [-0.39, 0.29) is 6.54 Å². The average molecular weight is 329 g/mol. The molecule has 0 bridgehead atoms. The number of esters is 1. The molecule has 1 atom stereocenters. The predicted molar refractivity (Wildman–Crippen MR) is 87.3 cm³/mol. The van der Waals surface area contributed by atoms with E-state index in [0.29, 0.717) is 13.1 Å². The van der Waals surface area contributed by atoms with Gasteiger partial charge in [0, 0.05) is 24.3 Å². The Labute approximate surface area is 139 Å². The second kappa shape index (κ2) is 6.35. The van der Waals surface area contributed by atoms with Crippen molar-refractivity contribution in [1.29, 1.82) is 0 Å². The molecule has 1 aliphatic heterocycles. The fourth-order valence-corrected chi connectivity index (χ4v) is 2.87. The Morgan fingerprint density at radius 3 is 2.79 bits per heavy atom. The summed E-state index contributed by atoms with van der Waals surface area (Å²) in [5, 5.41) is 3.59. The number of hydrogen-bond acceptors (Lipinski definition) is 4. The third kappa shape index (κ3) is 2.97. The van der Waals surface area contributed by atoms with E-state index < -0.39 is 24.0 Å². The van der Waals surface area contributed by atoms with Crippen LogP contribution in [0.3, 0.4) is 0 Å². The summed E-state index contributed by atoms with van der Waals surface area (Å²) in [6.07, 6.45) is -0.997. The van der Waals surface area contributed by atoms with Gasteiger partial charge in [0.05, 0.1) is 0 Å². The van der Waals surface area contributed by atoms with E-state index in [1.165, 1.54) is 6.92 Å². The number of rotatable bonds is 4. The first-order chi connectivity index (χ1) is 11.5. The largest absolute Gasteiger partial charge is 0.451 e. The Kier molecular flexibility index (Phi) is 4.24. The van der Waals surface area contributed by atoms with Crippen LogP contribution in [0.2, 0.25) is 0 Å². The Balaban J connectivity index is 1.67. The highest BCUT2D eigenvalue weighted by molar-refractivity contribution is 5.98. The summed E-state index contributed by atoms with van der Waals surface area (Å²) in [6, 6.07) is 9.29. The molecule has 24 heavy (non-hydrogen) atoms. The van der Waals surface area contributed by atoms with Gasteiger partial charge in [0.15, 0.2) is 6.10 Å². The zero-order valence-corrected chi connectivity index (χ0v) is 13.6. The molecule has 1 aliphatic rings. The molecule has 7 nitrogen and oxygen atoms in total. The number of imide groups is 1. The van der Waals surface area contributed by atoms with Gasteiger partial charge in [0.2, 0.25) is 0 Å². The lowest BCUT2D eigenvalue weighted by Crippen LogP contribution is -2.42. The monoisotopic (exact) mass is 329 g/mol. The number of fused-ring (bicyclic) bond motifs is 1. The molecule has 0 radical (unpaired) electrons. The molecule has 1 saturated heterocycles. The molecule has 0 saturated carbocycles. The maximum absolute atomic E-state index is 12.2. The number of urea groups is 1. The fourth-order valence-electron chi connectivity index (χ4n) is 2.87. The number of nitrogens with one attached hydrogen (secondary N) is 1. The van der Waals surface area contributed by atoms with Crippen molar-refractivity contribution in [3.8, 4) is 0 Å². The Hall–Kier alpha value is -2.83. The zero-order chi connectivity index (χ0) is 17.3. The molecule has 3 rings (SSSR count). The predicted octanol–water partition coefficient (Wildman–Crippen LogP) is 1.43. The van der Waals surface area contributed by atoms with Crippen LogP contribution in [0.5, 0.6) is 0 Å². The second-order valence-electron chi connectivity index (χ2n) is 5.78. The summed E-state index contributed by atoms with van der Waals surface area (Å²) in [6.45, 7) is 4.12. The quantitative estimate of drug-likeness (QED) is 0.861. The maximum Gasteiger partial charge on any atom is 0.326 e. The summed E-state index contributed by atoms with van der Waals surface area (Å²) >= 11 is 0. The van der Waals surface area contributed by atoms with Crippen LogP contribution in [0, 0.1) is 6.92 Å².